The number of H-pyrrole nitrogens is 1. The van der Waals surface area contributed by atoms with Crippen molar-refractivity contribution in [2.24, 2.45) is 0 Å². The molecule has 1 atom stereocenters. The number of aromatic amines is 1. The fraction of sp³-hybridized carbons (Fsp3) is 0.333. The number of halogens is 3. The number of hydrogen-bond donors (Lipinski definition) is 1. The van der Waals surface area contributed by atoms with Gasteiger partial charge in [-0.05, 0) is 31.5 Å². The second-order valence-electron chi connectivity index (χ2n) is 7.16. The van der Waals surface area contributed by atoms with Crippen molar-refractivity contribution in [2.75, 3.05) is 19.6 Å². The first-order chi connectivity index (χ1) is 13.5. The minimum absolute atomic E-state index is 0.0126. The van der Waals surface area contributed by atoms with Crippen LogP contribution in [0.4, 0.5) is 13.2 Å². The van der Waals surface area contributed by atoms with Crippen LogP contribution in [0.1, 0.15) is 24.6 Å². The molecule has 4 nitrogen and oxygen atoms in total. The lowest BCUT2D eigenvalue weighted by Crippen LogP contribution is -2.40. The molecule has 0 aliphatic carbocycles. The average Bonchev–Trinajstić information content (AvgIpc) is 3.18. The summed E-state index contributed by atoms with van der Waals surface area (Å²) in [4.78, 5) is 13.8. The van der Waals surface area contributed by atoms with Crippen LogP contribution in [-0.2, 0) is 0 Å². The van der Waals surface area contributed by atoms with Crippen LogP contribution in [0.25, 0.3) is 22.5 Å². The number of alkyl halides is 3. The number of likely N-dealkylation sites (tertiary alicyclic amines) is 1. The summed E-state index contributed by atoms with van der Waals surface area (Å²) in [6, 6.07) is 13.8. The molecule has 0 radical (unpaired) electrons. The fourth-order valence-corrected chi connectivity index (χ4v) is 3.69. The zero-order chi connectivity index (χ0) is 19.6. The predicted octanol–water partition coefficient (Wildman–Crippen LogP) is 4.88. The van der Waals surface area contributed by atoms with Crippen molar-refractivity contribution in [3.05, 3.63) is 60.7 Å². The molecule has 0 unspecified atom stereocenters. The van der Waals surface area contributed by atoms with E-state index in [4.69, 9.17) is 0 Å². The Bertz CT molecular complexity index is 903. The van der Waals surface area contributed by atoms with Crippen molar-refractivity contribution in [3.8, 4) is 22.5 Å². The number of aromatic nitrogens is 3. The number of nitrogens with one attached hydrogen (secondary N) is 1. The molecular formula is C21H21F3N4. The molecule has 28 heavy (non-hydrogen) atoms. The number of rotatable bonds is 4. The second kappa shape index (κ2) is 7.75. The minimum atomic E-state index is -4.16. The Morgan fingerprint density at radius 2 is 1.86 bits per heavy atom. The van der Waals surface area contributed by atoms with Gasteiger partial charge in [0.1, 0.15) is 5.82 Å². The number of nitrogens with zero attached hydrogens (tertiary/aromatic N) is 3. The summed E-state index contributed by atoms with van der Waals surface area (Å²) in [7, 11) is 0. The molecule has 1 saturated heterocycles. The van der Waals surface area contributed by atoms with Crippen molar-refractivity contribution >= 4 is 0 Å². The molecule has 0 saturated carbocycles. The maximum absolute atomic E-state index is 12.7. The third-order valence-corrected chi connectivity index (χ3v) is 5.02. The van der Waals surface area contributed by atoms with Gasteiger partial charge in [0.2, 0.25) is 0 Å². The van der Waals surface area contributed by atoms with E-state index in [1.165, 1.54) is 4.90 Å². The zero-order valence-corrected chi connectivity index (χ0v) is 15.3. The molecule has 1 N–H and O–H groups in total. The summed E-state index contributed by atoms with van der Waals surface area (Å²) < 4.78 is 38.0. The van der Waals surface area contributed by atoms with Crippen LogP contribution in [0.15, 0.2) is 54.9 Å². The standard InChI is InChI=1S/C21H21F3N4/c22-21(23,24)14-28-10-4-7-17(13-28)20-26-12-19(27-20)16-8-9-18(25-11-16)15-5-2-1-3-6-15/h1-3,5-6,8-9,11-12,17H,4,7,10,13-14H2,(H,26,27)/t17-/m1/s1. The van der Waals surface area contributed by atoms with Gasteiger partial charge in [-0.25, -0.2) is 4.98 Å². The quantitative estimate of drug-likeness (QED) is 0.695. The summed E-state index contributed by atoms with van der Waals surface area (Å²) in [5.41, 5.74) is 3.57. The van der Waals surface area contributed by atoms with E-state index >= 15 is 0 Å². The van der Waals surface area contributed by atoms with Gasteiger partial charge in [0, 0.05) is 36.0 Å². The van der Waals surface area contributed by atoms with E-state index < -0.39 is 12.7 Å². The second-order valence-corrected chi connectivity index (χ2v) is 7.16. The van der Waals surface area contributed by atoms with Gasteiger partial charge < -0.3 is 4.98 Å². The molecule has 1 aliphatic heterocycles. The van der Waals surface area contributed by atoms with Crippen molar-refractivity contribution in [3.63, 3.8) is 0 Å². The smallest absolute Gasteiger partial charge is 0.348 e. The highest BCUT2D eigenvalue weighted by atomic mass is 19.4. The lowest BCUT2D eigenvalue weighted by atomic mass is 9.97. The first kappa shape index (κ1) is 18.7. The number of pyridine rings is 1. The molecule has 0 bridgehead atoms. The highest BCUT2D eigenvalue weighted by Gasteiger charge is 2.33. The van der Waals surface area contributed by atoms with Crippen molar-refractivity contribution in [1.29, 1.82) is 0 Å². The Morgan fingerprint density at radius 1 is 1.04 bits per heavy atom. The number of imidazole rings is 1. The molecule has 0 spiro atoms. The molecule has 7 heteroatoms. The molecule has 0 amide bonds. The van der Waals surface area contributed by atoms with Gasteiger partial charge in [-0.3, -0.25) is 9.88 Å². The first-order valence-electron chi connectivity index (χ1n) is 9.34. The summed E-state index contributed by atoms with van der Waals surface area (Å²) in [6.07, 6.45) is 0.995. The van der Waals surface area contributed by atoms with E-state index in [-0.39, 0.29) is 5.92 Å². The normalized spacial score (nSPS) is 18.3. The van der Waals surface area contributed by atoms with Crippen LogP contribution in [0.3, 0.4) is 0 Å². The minimum Gasteiger partial charge on any atom is -0.348 e. The van der Waals surface area contributed by atoms with Crippen LogP contribution in [0.2, 0.25) is 0 Å². The molecule has 146 valence electrons. The molecule has 1 aliphatic rings. The Hall–Kier alpha value is -2.67. The number of benzene rings is 1. The number of piperidine rings is 1. The van der Waals surface area contributed by atoms with Gasteiger partial charge in [-0.15, -0.1) is 0 Å². The molecule has 3 aromatic rings. The van der Waals surface area contributed by atoms with Crippen LogP contribution >= 0.6 is 0 Å². The number of hydrogen-bond acceptors (Lipinski definition) is 3. The van der Waals surface area contributed by atoms with Crippen LogP contribution < -0.4 is 0 Å². The van der Waals surface area contributed by atoms with Crippen molar-refractivity contribution in [1.82, 2.24) is 19.9 Å². The summed E-state index contributed by atoms with van der Waals surface area (Å²) in [6.45, 7) is -0.00592. The van der Waals surface area contributed by atoms with Crippen LogP contribution in [-0.4, -0.2) is 45.7 Å². The van der Waals surface area contributed by atoms with Crippen LogP contribution in [0, 0.1) is 0 Å². The molecule has 1 fully saturated rings. The molecule has 3 heterocycles. The van der Waals surface area contributed by atoms with E-state index in [1.54, 1.807) is 12.4 Å². The van der Waals surface area contributed by atoms with Crippen molar-refractivity contribution < 1.29 is 13.2 Å². The topological polar surface area (TPSA) is 44.8 Å². The third-order valence-electron chi connectivity index (χ3n) is 5.02. The SMILES string of the molecule is FC(F)(F)CN1CCC[C@@H](c2nc(-c3ccc(-c4ccccc4)nc3)c[nH]2)C1. The Labute approximate surface area is 161 Å². The summed E-state index contributed by atoms with van der Waals surface area (Å²) in [5.74, 6) is 0.732. The predicted molar refractivity (Wildman–Crippen MR) is 102 cm³/mol. The van der Waals surface area contributed by atoms with Crippen molar-refractivity contribution in [2.45, 2.75) is 24.9 Å². The third kappa shape index (κ3) is 4.42. The van der Waals surface area contributed by atoms with E-state index in [1.807, 2.05) is 42.5 Å². The maximum Gasteiger partial charge on any atom is 0.401 e. The van der Waals surface area contributed by atoms with Gasteiger partial charge >= 0.3 is 6.18 Å². The van der Waals surface area contributed by atoms with Gasteiger partial charge in [0.05, 0.1) is 17.9 Å². The molecule has 1 aromatic carbocycles. The zero-order valence-electron chi connectivity index (χ0n) is 15.3. The lowest BCUT2D eigenvalue weighted by molar-refractivity contribution is -0.148. The average molecular weight is 386 g/mol. The Kier molecular flexibility index (Phi) is 5.17. The van der Waals surface area contributed by atoms with Crippen LogP contribution in [0.5, 0.6) is 0 Å². The summed E-state index contributed by atoms with van der Waals surface area (Å²) >= 11 is 0. The first-order valence-corrected chi connectivity index (χ1v) is 9.34. The van der Waals surface area contributed by atoms with Gasteiger partial charge in [0.25, 0.3) is 0 Å². The van der Waals surface area contributed by atoms with E-state index in [9.17, 15) is 13.2 Å². The van der Waals surface area contributed by atoms with Gasteiger partial charge in [-0.2, -0.15) is 13.2 Å². The van der Waals surface area contributed by atoms with E-state index in [2.05, 4.69) is 15.0 Å². The fourth-order valence-electron chi connectivity index (χ4n) is 3.69. The summed E-state index contributed by atoms with van der Waals surface area (Å²) in [5, 5.41) is 0. The Morgan fingerprint density at radius 3 is 2.57 bits per heavy atom. The Balaban J connectivity index is 1.47. The molecular weight excluding hydrogens is 365 g/mol. The van der Waals surface area contributed by atoms with Gasteiger partial charge in [0.15, 0.2) is 0 Å². The monoisotopic (exact) mass is 386 g/mol. The van der Waals surface area contributed by atoms with E-state index in [0.29, 0.717) is 13.1 Å². The highest BCUT2D eigenvalue weighted by molar-refractivity contribution is 5.64. The van der Waals surface area contributed by atoms with E-state index in [0.717, 1.165) is 41.2 Å². The molecule has 2 aromatic heterocycles. The highest BCUT2D eigenvalue weighted by Crippen LogP contribution is 2.29. The molecule has 4 rings (SSSR count). The largest absolute Gasteiger partial charge is 0.401 e. The lowest BCUT2D eigenvalue weighted by Gasteiger charge is -2.32. The maximum atomic E-state index is 12.7. The van der Waals surface area contributed by atoms with Gasteiger partial charge in [-0.1, -0.05) is 30.3 Å².